The molecule has 0 spiro atoms. The van der Waals surface area contributed by atoms with Crippen LogP contribution in [0.1, 0.15) is 29.2 Å². The zero-order valence-corrected chi connectivity index (χ0v) is 14.7. The molecule has 0 aliphatic carbocycles. The summed E-state index contributed by atoms with van der Waals surface area (Å²) in [5, 5.41) is 2.88. The van der Waals surface area contributed by atoms with E-state index in [0.717, 1.165) is 29.0 Å². The van der Waals surface area contributed by atoms with Gasteiger partial charge in [0.1, 0.15) is 5.75 Å². The number of amides is 2. The summed E-state index contributed by atoms with van der Waals surface area (Å²) in [5.41, 5.74) is 5.58. The number of rotatable bonds is 3. The third-order valence-corrected chi connectivity index (χ3v) is 4.74. The van der Waals surface area contributed by atoms with Gasteiger partial charge in [0.15, 0.2) is 6.73 Å². The molecule has 126 valence electrons. The summed E-state index contributed by atoms with van der Waals surface area (Å²) in [6.07, 6.45) is 0.889. The summed E-state index contributed by atoms with van der Waals surface area (Å²) >= 11 is 0. The molecule has 2 amide bonds. The average Bonchev–Trinajstić information content (AvgIpc) is 2.90. The highest BCUT2D eigenvalue weighted by molar-refractivity contribution is 5.94. The second-order valence-corrected chi connectivity index (χ2v) is 6.48. The highest BCUT2D eigenvalue weighted by atomic mass is 16.5. The predicted molar refractivity (Wildman–Crippen MR) is 96.8 cm³/mol. The van der Waals surface area contributed by atoms with Crippen LogP contribution in [0.2, 0.25) is 0 Å². The molecular formula is C20H24N2O2. The van der Waals surface area contributed by atoms with E-state index >= 15 is 0 Å². The molecule has 0 saturated carbocycles. The van der Waals surface area contributed by atoms with Gasteiger partial charge in [0.25, 0.3) is 0 Å². The van der Waals surface area contributed by atoms with Crippen LogP contribution in [-0.4, -0.2) is 18.8 Å². The number of hydrogen-bond acceptors (Lipinski definition) is 2. The molecule has 0 bridgehead atoms. The van der Waals surface area contributed by atoms with Gasteiger partial charge in [-0.15, -0.1) is 0 Å². The molecule has 0 fully saturated rings. The van der Waals surface area contributed by atoms with E-state index in [9.17, 15) is 4.79 Å². The fourth-order valence-electron chi connectivity index (χ4n) is 3.28. The topological polar surface area (TPSA) is 41.6 Å². The molecular weight excluding hydrogens is 300 g/mol. The Morgan fingerprint density at radius 1 is 1.17 bits per heavy atom. The van der Waals surface area contributed by atoms with Gasteiger partial charge >= 0.3 is 6.03 Å². The number of para-hydroxylation sites is 1. The van der Waals surface area contributed by atoms with Crippen molar-refractivity contribution in [3.63, 3.8) is 0 Å². The van der Waals surface area contributed by atoms with Gasteiger partial charge in [0.05, 0.1) is 0 Å². The van der Waals surface area contributed by atoms with Gasteiger partial charge in [-0.2, -0.15) is 0 Å². The van der Waals surface area contributed by atoms with Crippen LogP contribution >= 0.6 is 0 Å². The number of ether oxygens (including phenoxy) is 1. The first kappa shape index (κ1) is 16.4. The van der Waals surface area contributed by atoms with Gasteiger partial charge in [0.2, 0.25) is 0 Å². The van der Waals surface area contributed by atoms with Crippen molar-refractivity contribution < 1.29 is 9.53 Å². The second kappa shape index (κ2) is 6.56. The van der Waals surface area contributed by atoms with Crippen molar-refractivity contribution in [2.24, 2.45) is 0 Å². The Morgan fingerprint density at radius 3 is 2.67 bits per heavy atom. The minimum absolute atomic E-state index is 0.115. The fourth-order valence-corrected chi connectivity index (χ4v) is 3.28. The number of carbonyl (C=O) groups excluding carboxylic acids is 1. The fraction of sp³-hybridized carbons (Fsp3) is 0.350. The first-order chi connectivity index (χ1) is 11.5. The van der Waals surface area contributed by atoms with E-state index in [1.54, 1.807) is 0 Å². The van der Waals surface area contributed by atoms with E-state index in [1.165, 1.54) is 11.1 Å². The zero-order valence-electron chi connectivity index (χ0n) is 14.7. The number of carbonyl (C=O) groups is 1. The van der Waals surface area contributed by atoms with E-state index < -0.39 is 0 Å². The van der Waals surface area contributed by atoms with E-state index in [0.29, 0.717) is 0 Å². The lowest BCUT2D eigenvalue weighted by molar-refractivity contribution is 0.227. The molecule has 0 aromatic heterocycles. The minimum atomic E-state index is -0.115. The van der Waals surface area contributed by atoms with Crippen LogP contribution in [-0.2, 0) is 6.42 Å². The van der Waals surface area contributed by atoms with Gasteiger partial charge < -0.3 is 10.1 Å². The van der Waals surface area contributed by atoms with E-state index in [4.69, 9.17) is 4.74 Å². The first-order valence-electron chi connectivity index (χ1n) is 8.33. The highest BCUT2D eigenvalue weighted by Crippen LogP contribution is 2.31. The Bertz CT molecular complexity index is 770. The van der Waals surface area contributed by atoms with Gasteiger partial charge in [0, 0.05) is 11.7 Å². The molecule has 1 atom stereocenters. The maximum atomic E-state index is 12.6. The van der Waals surface area contributed by atoms with Crippen LogP contribution in [0.5, 0.6) is 5.75 Å². The summed E-state index contributed by atoms with van der Waals surface area (Å²) in [6, 6.07) is 12.2. The number of nitrogens with zero attached hydrogens (tertiary/aromatic N) is 1. The number of urea groups is 1. The van der Waals surface area contributed by atoms with Crippen LogP contribution in [0.15, 0.2) is 36.4 Å². The van der Waals surface area contributed by atoms with Gasteiger partial charge in [-0.1, -0.05) is 30.3 Å². The SMILES string of the molecule is Cc1ccc(C)c(OCNC(=O)N2c3ccccc3CC2C)c1C. The normalized spacial score (nSPS) is 16.0. The number of hydrogen-bond donors (Lipinski definition) is 1. The van der Waals surface area contributed by atoms with Crippen molar-refractivity contribution in [1.82, 2.24) is 5.32 Å². The van der Waals surface area contributed by atoms with Crippen molar-refractivity contribution in [3.05, 3.63) is 58.7 Å². The molecule has 4 nitrogen and oxygen atoms in total. The number of benzene rings is 2. The second-order valence-electron chi connectivity index (χ2n) is 6.48. The Hall–Kier alpha value is -2.49. The number of anilines is 1. The van der Waals surface area contributed by atoms with Crippen LogP contribution in [0.3, 0.4) is 0 Å². The Kier molecular flexibility index (Phi) is 4.47. The third kappa shape index (κ3) is 2.96. The largest absolute Gasteiger partial charge is 0.473 e. The third-order valence-electron chi connectivity index (χ3n) is 4.74. The molecule has 1 heterocycles. The van der Waals surface area contributed by atoms with Crippen molar-refractivity contribution >= 4 is 11.7 Å². The number of aryl methyl sites for hydroxylation is 2. The molecule has 2 aromatic carbocycles. The summed E-state index contributed by atoms with van der Waals surface area (Å²) < 4.78 is 5.84. The maximum absolute atomic E-state index is 12.6. The van der Waals surface area contributed by atoms with E-state index in [-0.39, 0.29) is 18.8 Å². The Labute approximate surface area is 143 Å². The van der Waals surface area contributed by atoms with Crippen LogP contribution in [0.4, 0.5) is 10.5 Å². The van der Waals surface area contributed by atoms with Crippen molar-refractivity contribution in [2.75, 3.05) is 11.6 Å². The number of nitrogens with one attached hydrogen (secondary N) is 1. The molecule has 1 aliphatic rings. The van der Waals surface area contributed by atoms with Gasteiger partial charge in [-0.05, 0) is 62.4 Å². The molecule has 24 heavy (non-hydrogen) atoms. The zero-order chi connectivity index (χ0) is 17.3. The molecule has 0 saturated heterocycles. The first-order valence-corrected chi connectivity index (χ1v) is 8.33. The van der Waals surface area contributed by atoms with Crippen LogP contribution in [0, 0.1) is 20.8 Å². The van der Waals surface area contributed by atoms with E-state index in [1.807, 2.05) is 43.0 Å². The molecule has 0 radical (unpaired) electrons. The standard InChI is InChI=1S/C20H24N2O2/c1-13-9-10-14(2)19(16(13)4)24-12-21-20(23)22-15(3)11-17-7-5-6-8-18(17)22/h5-10,15H,11-12H2,1-4H3,(H,21,23). The monoisotopic (exact) mass is 324 g/mol. The Morgan fingerprint density at radius 2 is 1.88 bits per heavy atom. The molecule has 3 rings (SSSR count). The number of fused-ring (bicyclic) bond motifs is 1. The van der Waals surface area contributed by atoms with Gasteiger partial charge in [-0.25, -0.2) is 4.79 Å². The highest BCUT2D eigenvalue weighted by Gasteiger charge is 2.30. The quantitative estimate of drug-likeness (QED) is 0.863. The molecule has 1 N–H and O–H groups in total. The van der Waals surface area contributed by atoms with E-state index in [2.05, 4.69) is 31.3 Å². The minimum Gasteiger partial charge on any atom is -0.473 e. The van der Waals surface area contributed by atoms with Crippen molar-refractivity contribution in [1.29, 1.82) is 0 Å². The van der Waals surface area contributed by atoms with Crippen molar-refractivity contribution in [3.8, 4) is 5.75 Å². The molecule has 2 aromatic rings. The predicted octanol–water partition coefficient (Wildman–Crippen LogP) is 4.11. The molecule has 1 aliphatic heterocycles. The van der Waals surface area contributed by atoms with Crippen LogP contribution in [0.25, 0.3) is 0 Å². The summed E-state index contributed by atoms with van der Waals surface area (Å²) in [6.45, 7) is 8.34. The molecule has 1 unspecified atom stereocenters. The lowest BCUT2D eigenvalue weighted by atomic mass is 10.1. The summed E-state index contributed by atoms with van der Waals surface area (Å²) in [4.78, 5) is 14.4. The summed E-state index contributed by atoms with van der Waals surface area (Å²) in [7, 11) is 0. The van der Waals surface area contributed by atoms with Crippen molar-refractivity contribution in [2.45, 2.75) is 40.2 Å². The maximum Gasteiger partial charge on any atom is 0.324 e. The average molecular weight is 324 g/mol. The lowest BCUT2D eigenvalue weighted by Crippen LogP contribution is -2.44. The van der Waals surface area contributed by atoms with Gasteiger partial charge in [-0.3, -0.25) is 4.90 Å². The van der Waals surface area contributed by atoms with Crippen LogP contribution < -0.4 is 15.0 Å². The molecule has 4 heteroatoms. The summed E-state index contributed by atoms with van der Waals surface area (Å²) in [5.74, 6) is 0.852. The smallest absolute Gasteiger partial charge is 0.324 e. The lowest BCUT2D eigenvalue weighted by Gasteiger charge is -2.23. The Balaban J connectivity index is 1.66.